The average molecular weight is 2410 g/mol. The van der Waals surface area contributed by atoms with Crippen molar-refractivity contribution in [1.82, 2.24) is 9.80 Å². The Labute approximate surface area is 908 Å². The molecular formula is C113H141BrI3N9O20. The standard InChI is InChI=1S/C57H70N4O10.C41H60N4O8.C15H10BrNO2.I2.HI/c1-5-20-61-56(62)47-11-7-10-46-45(15-16-48(55(46)47)57(61)63)9-6-8-44-14-19-51(54(41-44)71-38-33-64-4)60-25-31-69-52-39-42(2)12-17-49(52)58-21-27-65-34-36-67-29-23-59(24-30-68-37-35-66-28-22-58)50-18-13-43(3)40-53(50)70-32-26-60;1-33-4-7-36-39(30-33)51-22-16-45(38-9-6-35(10-11-42)32-41(38)53-29-24-46-3)17-23-52-40-31-34(2)5-8-37(40)44-14-20-49-27-25-47-18-12-43(36)13-19-48-26-28-50-21-15-44;1-2-8-17-14(18)10-5-3-4-9-12(16)7-6-11(13(9)10)15(17)19;1-2;/h5,7,10-19,39-41H,1,6,8-9,20-38H2,2-4H3;4-9,30-32H,10-29,42H2,1-3H3;2-7H,1,8H2;;1H. The third kappa shape index (κ3) is 32.4. The highest BCUT2D eigenvalue weighted by atomic mass is 128. The van der Waals surface area contributed by atoms with Crippen LogP contribution in [0.15, 0.2) is 200 Å². The van der Waals surface area contributed by atoms with Gasteiger partial charge in [0.25, 0.3) is 23.6 Å². The van der Waals surface area contributed by atoms with Gasteiger partial charge in [-0.05, 0) is 213 Å². The molecule has 4 bridgehead atoms. The molecule has 8 aliphatic rings. The first-order chi connectivity index (χ1) is 71.0. The minimum absolute atomic E-state index is 0. The Morgan fingerprint density at radius 2 is 0.637 bits per heavy atom. The first kappa shape index (κ1) is 115. The van der Waals surface area contributed by atoms with Crippen LogP contribution in [0, 0.1) is 27.7 Å². The lowest BCUT2D eigenvalue weighted by Gasteiger charge is -2.30. The van der Waals surface area contributed by atoms with Crippen molar-refractivity contribution in [2.75, 3.05) is 300 Å². The molecule has 8 aliphatic heterocycles. The first-order valence-corrected chi connectivity index (χ1v) is 57.2. The predicted molar refractivity (Wildman–Crippen MR) is 609 cm³/mol. The summed E-state index contributed by atoms with van der Waals surface area (Å²) in [5, 5.41) is 3.29. The van der Waals surface area contributed by atoms with Gasteiger partial charge in [0.1, 0.15) is 74.1 Å². The second-order valence-corrected chi connectivity index (χ2v) is 36.5. The summed E-state index contributed by atoms with van der Waals surface area (Å²) in [5.74, 6) is 3.68. The molecule has 2 N–H and O–H groups in total. The van der Waals surface area contributed by atoms with Crippen LogP contribution in [-0.4, -0.2) is 304 Å². The lowest BCUT2D eigenvalue weighted by Crippen LogP contribution is -2.40. The number of rotatable bonds is 20. The van der Waals surface area contributed by atoms with E-state index in [1.807, 2.05) is 48.5 Å². The van der Waals surface area contributed by atoms with E-state index in [1.165, 1.54) is 9.80 Å². The Hall–Kier alpha value is -9.69. The number of benzene rings is 10. The van der Waals surface area contributed by atoms with E-state index in [0.717, 1.165) is 159 Å². The van der Waals surface area contributed by atoms with Crippen molar-refractivity contribution >= 4 is 156 Å². The van der Waals surface area contributed by atoms with Crippen LogP contribution in [-0.2, 0) is 66.6 Å². The second kappa shape index (κ2) is 61.4. The van der Waals surface area contributed by atoms with E-state index >= 15 is 0 Å². The molecule has 786 valence electrons. The summed E-state index contributed by atoms with van der Waals surface area (Å²) in [5.41, 5.74) is 21.8. The topological polar surface area (TPSA) is 268 Å². The van der Waals surface area contributed by atoms with Gasteiger partial charge in [0.2, 0.25) is 0 Å². The van der Waals surface area contributed by atoms with Crippen molar-refractivity contribution in [1.29, 1.82) is 0 Å². The number of anilines is 6. The number of aryl methyl sites for hydroxylation is 6. The number of methoxy groups -OCH3 is 2. The van der Waals surface area contributed by atoms with E-state index in [2.05, 4.69) is 233 Å². The Bertz CT molecular complexity index is 5650. The number of hydrogen-bond donors (Lipinski definition) is 1. The van der Waals surface area contributed by atoms with Crippen molar-refractivity contribution in [3.63, 3.8) is 0 Å². The maximum Gasteiger partial charge on any atom is 0.261 e. The van der Waals surface area contributed by atoms with Crippen LogP contribution in [0.1, 0.15) is 86.8 Å². The van der Waals surface area contributed by atoms with E-state index < -0.39 is 0 Å². The first-order valence-electron chi connectivity index (χ1n) is 50.1. The fraction of sp³-hybridized carbons (Fsp3) is 0.434. The zero-order valence-corrected chi connectivity index (χ0v) is 93.2. The van der Waals surface area contributed by atoms with Gasteiger partial charge in [-0.15, -0.1) is 37.1 Å². The second-order valence-electron chi connectivity index (χ2n) is 35.6. The molecule has 18 rings (SSSR count). The van der Waals surface area contributed by atoms with Crippen molar-refractivity contribution in [3.8, 4) is 34.5 Å². The molecule has 0 saturated carbocycles. The minimum Gasteiger partial charge on any atom is -0.490 e. The number of halogens is 4. The SMILES string of the molecule is C=CCN1C(=O)c2cccc3c(Br)ccc(c23)C1=O.C=CCN1C(=O)c2cccc3c(CCCc4ccc(N5CCOc6cc(C)ccc6N6CCOCCOCCN(CCOCCOCC6)c6ccc(C)cc6OCC5)c(OCCOC)c4)ccc(c23)C1=O.COCCOc1cc(CCN)ccc1N1CCOc2cc(C)ccc2N2CCOCCOCCN(CCOCCOCC2)c2ccc(C)cc2OCC1.I.II. The molecule has 10 aromatic rings. The van der Waals surface area contributed by atoms with Gasteiger partial charge in [-0.2, -0.15) is 0 Å². The Morgan fingerprint density at radius 1 is 0.342 bits per heavy atom. The van der Waals surface area contributed by atoms with E-state index in [0.29, 0.717) is 266 Å². The Morgan fingerprint density at radius 3 is 0.966 bits per heavy atom. The molecule has 0 radical (unpaired) electrons. The van der Waals surface area contributed by atoms with E-state index in [4.69, 9.17) is 81.5 Å². The Kier molecular flexibility index (Phi) is 48.4. The third-order valence-corrected chi connectivity index (χ3v) is 26.3. The number of carbonyl (C=O) groups is 4. The number of nitrogens with two attached hydrogens (primary N) is 1. The lowest BCUT2D eigenvalue weighted by molar-refractivity contribution is 0.0435. The third-order valence-electron chi connectivity index (χ3n) is 25.6. The maximum absolute atomic E-state index is 13.4. The molecule has 0 atom stereocenters. The Balaban J connectivity index is 0.000000220. The number of amides is 4. The van der Waals surface area contributed by atoms with Crippen molar-refractivity contribution in [2.45, 2.75) is 53.4 Å². The molecular weight excluding hydrogens is 2260 g/mol. The molecule has 0 unspecified atom stereocenters. The van der Waals surface area contributed by atoms with Gasteiger partial charge in [-0.3, -0.25) is 29.0 Å². The van der Waals surface area contributed by atoms with Gasteiger partial charge >= 0.3 is 0 Å². The maximum atomic E-state index is 13.4. The summed E-state index contributed by atoms with van der Waals surface area (Å²) in [6.45, 7) is 36.0. The van der Waals surface area contributed by atoms with Crippen LogP contribution in [0.2, 0.25) is 0 Å². The molecule has 0 aliphatic carbocycles. The molecule has 33 heteroatoms. The van der Waals surface area contributed by atoms with Gasteiger partial charge in [-0.1, -0.05) is 94.8 Å². The van der Waals surface area contributed by atoms with Crippen molar-refractivity contribution < 1.29 is 95.0 Å². The van der Waals surface area contributed by atoms with Crippen LogP contribution in [0.5, 0.6) is 34.5 Å². The van der Waals surface area contributed by atoms with Gasteiger partial charge in [0.05, 0.1) is 179 Å². The molecule has 0 aromatic heterocycles. The quantitative estimate of drug-likeness (QED) is 0.0244. The monoisotopic (exact) mass is 2400 g/mol. The number of imide groups is 2. The highest BCUT2D eigenvalue weighted by Gasteiger charge is 2.35. The number of nitrogens with zero attached hydrogens (tertiary/aromatic N) is 8. The van der Waals surface area contributed by atoms with E-state index in [9.17, 15) is 19.2 Å². The normalized spacial score (nSPS) is 16.5. The fourth-order valence-electron chi connectivity index (χ4n) is 18.3. The number of ether oxygens (including phenoxy) is 16. The molecule has 10 aromatic carbocycles. The molecule has 4 amide bonds. The summed E-state index contributed by atoms with van der Waals surface area (Å²) in [6.07, 6.45) is 6.29. The highest BCUT2D eigenvalue weighted by Crippen LogP contribution is 2.41. The largest absolute Gasteiger partial charge is 0.490 e. The predicted octanol–water partition coefficient (Wildman–Crippen LogP) is 18.4. The zero-order valence-electron chi connectivity index (χ0n) is 85.0. The van der Waals surface area contributed by atoms with Crippen molar-refractivity contribution in [3.05, 3.63) is 261 Å². The average Bonchev–Trinajstić information content (AvgIpc) is 0.753. The number of hydrogen-bond acceptors (Lipinski definition) is 27. The molecule has 2 fully saturated rings. The molecule has 0 spiro atoms. The minimum atomic E-state index is -0.285. The summed E-state index contributed by atoms with van der Waals surface area (Å²) in [4.78, 5) is 67.7. The van der Waals surface area contributed by atoms with E-state index in [1.54, 1.807) is 38.5 Å². The van der Waals surface area contributed by atoms with Crippen LogP contribution in [0.3, 0.4) is 0 Å². The van der Waals surface area contributed by atoms with Crippen LogP contribution < -0.4 is 63.6 Å². The zero-order chi connectivity index (χ0) is 102. The van der Waals surface area contributed by atoms with Gasteiger partial charge in [0, 0.05) is 154 Å². The van der Waals surface area contributed by atoms with Gasteiger partial charge < -0.3 is 111 Å². The highest BCUT2D eigenvalue weighted by molar-refractivity contribution is 15.0. The smallest absolute Gasteiger partial charge is 0.261 e. The lowest BCUT2D eigenvalue weighted by atomic mass is 9.89. The summed E-state index contributed by atoms with van der Waals surface area (Å²) < 4.78 is 100. The van der Waals surface area contributed by atoms with Gasteiger partial charge in [0.15, 0.2) is 0 Å². The summed E-state index contributed by atoms with van der Waals surface area (Å²) in [7, 11) is 3.36. The molecule has 8 heterocycles. The summed E-state index contributed by atoms with van der Waals surface area (Å²) in [6, 6.07) is 56.9. The molecule has 146 heavy (non-hydrogen) atoms. The van der Waals surface area contributed by atoms with Crippen LogP contribution in [0.25, 0.3) is 21.5 Å². The molecule has 29 nitrogen and oxygen atoms in total. The van der Waals surface area contributed by atoms with Crippen LogP contribution in [0.4, 0.5) is 34.1 Å². The van der Waals surface area contributed by atoms with Crippen LogP contribution >= 0.6 is 77.1 Å². The van der Waals surface area contributed by atoms with E-state index in [-0.39, 0.29) is 60.7 Å². The number of carbonyl (C=O) groups excluding carboxylic acids is 4. The summed E-state index contributed by atoms with van der Waals surface area (Å²) >= 11 is 7.69. The van der Waals surface area contributed by atoms with Crippen molar-refractivity contribution in [2.24, 2.45) is 5.73 Å². The number of fused-ring (bicyclic) bond motifs is 40. The fourth-order valence-corrected chi connectivity index (χ4v) is 18.7. The molecule has 2 saturated heterocycles. The van der Waals surface area contributed by atoms with Gasteiger partial charge in [-0.25, -0.2) is 0 Å².